The summed E-state index contributed by atoms with van der Waals surface area (Å²) in [6, 6.07) is 11.7. The zero-order chi connectivity index (χ0) is 15.2. The summed E-state index contributed by atoms with van der Waals surface area (Å²) >= 11 is 12.0. The van der Waals surface area contributed by atoms with Crippen LogP contribution in [0.3, 0.4) is 0 Å². The van der Waals surface area contributed by atoms with Gasteiger partial charge < -0.3 is 10.1 Å². The SMILES string of the molecule is CCCOc1cc(C)ccc1NCc1cc(Cl)cc(Cl)c1. The summed E-state index contributed by atoms with van der Waals surface area (Å²) in [6.45, 7) is 5.50. The summed E-state index contributed by atoms with van der Waals surface area (Å²) in [5.41, 5.74) is 3.19. The minimum atomic E-state index is 0.644. The zero-order valence-corrected chi connectivity index (χ0v) is 13.8. The highest BCUT2D eigenvalue weighted by atomic mass is 35.5. The van der Waals surface area contributed by atoms with Crippen molar-refractivity contribution in [2.45, 2.75) is 26.8 Å². The van der Waals surface area contributed by atoms with Crippen molar-refractivity contribution in [1.29, 1.82) is 0 Å². The van der Waals surface area contributed by atoms with E-state index in [1.165, 1.54) is 5.56 Å². The van der Waals surface area contributed by atoms with Crippen LogP contribution in [0.2, 0.25) is 10.0 Å². The van der Waals surface area contributed by atoms with Gasteiger partial charge in [0.15, 0.2) is 0 Å². The van der Waals surface area contributed by atoms with E-state index in [1.807, 2.05) is 24.3 Å². The normalized spacial score (nSPS) is 10.5. The number of anilines is 1. The molecule has 0 saturated heterocycles. The number of hydrogen-bond donors (Lipinski definition) is 1. The van der Waals surface area contributed by atoms with E-state index >= 15 is 0 Å². The Morgan fingerprint density at radius 1 is 1.05 bits per heavy atom. The maximum Gasteiger partial charge on any atom is 0.142 e. The number of rotatable bonds is 6. The highest BCUT2D eigenvalue weighted by molar-refractivity contribution is 6.34. The van der Waals surface area contributed by atoms with Gasteiger partial charge in [-0.25, -0.2) is 0 Å². The summed E-state index contributed by atoms with van der Waals surface area (Å²) in [4.78, 5) is 0. The molecule has 2 nitrogen and oxygen atoms in total. The Labute approximate surface area is 136 Å². The van der Waals surface area contributed by atoms with Crippen LogP contribution in [-0.4, -0.2) is 6.61 Å². The van der Waals surface area contributed by atoms with E-state index in [2.05, 4.69) is 25.2 Å². The Morgan fingerprint density at radius 3 is 2.43 bits per heavy atom. The van der Waals surface area contributed by atoms with Gasteiger partial charge in [0.1, 0.15) is 5.75 Å². The van der Waals surface area contributed by atoms with E-state index < -0.39 is 0 Å². The van der Waals surface area contributed by atoms with E-state index in [9.17, 15) is 0 Å². The van der Waals surface area contributed by atoms with Crippen LogP contribution < -0.4 is 10.1 Å². The molecule has 4 heteroatoms. The lowest BCUT2D eigenvalue weighted by Crippen LogP contribution is -2.04. The maximum absolute atomic E-state index is 6.02. The van der Waals surface area contributed by atoms with Crippen molar-refractivity contribution in [2.75, 3.05) is 11.9 Å². The average molecular weight is 324 g/mol. The summed E-state index contributed by atoms with van der Waals surface area (Å²) < 4.78 is 5.79. The van der Waals surface area contributed by atoms with Crippen molar-refractivity contribution >= 4 is 28.9 Å². The molecule has 0 bridgehead atoms. The second kappa shape index (κ2) is 7.58. The molecule has 112 valence electrons. The lowest BCUT2D eigenvalue weighted by Gasteiger charge is -2.14. The number of halogens is 2. The molecule has 0 heterocycles. The monoisotopic (exact) mass is 323 g/mol. The fourth-order valence-electron chi connectivity index (χ4n) is 2.02. The maximum atomic E-state index is 6.02. The molecule has 0 aliphatic rings. The van der Waals surface area contributed by atoms with Gasteiger partial charge in [-0.3, -0.25) is 0 Å². The van der Waals surface area contributed by atoms with E-state index in [0.717, 1.165) is 23.4 Å². The molecular formula is C17H19Cl2NO. The smallest absolute Gasteiger partial charge is 0.142 e. The van der Waals surface area contributed by atoms with Crippen LogP contribution in [0.5, 0.6) is 5.75 Å². The van der Waals surface area contributed by atoms with Gasteiger partial charge in [-0.15, -0.1) is 0 Å². The van der Waals surface area contributed by atoms with Crippen molar-refractivity contribution < 1.29 is 4.74 Å². The molecule has 0 spiro atoms. The lowest BCUT2D eigenvalue weighted by atomic mass is 10.2. The van der Waals surface area contributed by atoms with Gasteiger partial charge in [0.25, 0.3) is 0 Å². The molecule has 0 fully saturated rings. The van der Waals surface area contributed by atoms with Crippen LogP contribution in [-0.2, 0) is 6.54 Å². The van der Waals surface area contributed by atoms with Crippen molar-refractivity contribution in [3.8, 4) is 5.75 Å². The number of ether oxygens (including phenoxy) is 1. The third-order valence-electron chi connectivity index (χ3n) is 3.00. The molecule has 2 rings (SSSR count). The predicted octanol–water partition coefficient (Wildman–Crippen LogP) is 5.70. The van der Waals surface area contributed by atoms with Gasteiger partial charge in [-0.05, 0) is 54.8 Å². The fraction of sp³-hybridized carbons (Fsp3) is 0.294. The molecular weight excluding hydrogens is 305 g/mol. The Balaban J connectivity index is 2.11. The van der Waals surface area contributed by atoms with E-state index in [1.54, 1.807) is 6.07 Å². The standard InChI is InChI=1S/C17H19Cl2NO/c1-3-6-21-17-7-12(2)4-5-16(17)20-11-13-8-14(18)10-15(19)9-13/h4-5,7-10,20H,3,6,11H2,1-2H3. The molecule has 0 aromatic heterocycles. The van der Waals surface area contributed by atoms with Crippen LogP contribution in [0.15, 0.2) is 36.4 Å². The first-order valence-corrected chi connectivity index (χ1v) is 7.76. The second-order valence-electron chi connectivity index (χ2n) is 4.98. The van der Waals surface area contributed by atoms with Crippen molar-refractivity contribution in [1.82, 2.24) is 0 Å². The van der Waals surface area contributed by atoms with Gasteiger partial charge in [0, 0.05) is 16.6 Å². The molecule has 0 saturated carbocycles. The van der Waals surface area contributed by atoms with Crippen LogP contribution in [0, 0.1) is 6.92 Å². The predicted molar refractivity (Wildman–Crippen MR) is 90.8 cm³/mol. The molecule has 1 N–H and O–H groups in total. The first kappa shape index (κ1) is 16.0. The summed E-state index contributed by atoms with van der Waals surface area (Å²) in [6.07, 6.45) is 0.983. The quantitative estimate of drug-likeness (QED) is 0.735. The third kappa shape index (κ3) is 4.83. The summed E-state index contributed by atoms with van der Waals surface area (Å²) in [5.74, 6) is 0.880. The van der Waals surface area contributed by atoms with Gasteiger partial charge in [-0.2, -0.15) is 0 Å². The number of hydrogen-bond acceptors (Lipinski definition) is 2. The second-order valence-corrected chi connectivity index (χ2v) is 5.85. The van der Waals surface area contributed by atoms with Crippen LogP contribution in [0.1, 0.15) is 24.5 Å². The van der Waals surface area contributed by atoms with Crippen molar-refractivity contribution in [3.05, 3.63) is 57.6 Å². The Kier molecular flexibility index (Phi) is 5.77. The molecule has 21 heavy (non-hydrogen) atoms. The van der Waals surface area contributed by atoms with Crippen molar-refractivity contribution in [2.24, 2.45) is 0 Å². The van der Waals surface area contributed by atoms with E-state index in [0.29, 0.717) is 23.2 Å². The first-order chi connectivity index (χ1) is 10.1. The molecule has 0 amide bonds. The molecule has 0 aliphatic heterocycles. The van der Waals surface area contributed by atoms with E-state index in [4.69, 9.17) is 27.9 Å². The lowest BCUT2D eigenvalue weighted by molar-refractivity contribution is 0.318. The topological polar surface area (TPSA) is 21.3 Å². The van der Waals surface area contributed by atoms with Crippen LogP contribution in [0.4, 0.5) is 5.69 Å². The third-order valence-corrected chi connectivity index (χ3v) is 3.44. The van der Waals surface area contributed by atoms with Gasteiger partial charge in [0.2, 0.25) is 0 Å². The molecule has 0 radical (unpaired) electrons. The van der Waals surface area contributed by atoms with Crippen molar-refractivity contribution in [3.63, 3.8) is 0 Å². The van der Waals surface area contributed by atoms with Gasteiger partial charge >= 0.3 is 0 Å². The van der Waals surface area contributed by atoms with Crippen LogP contribution in [0.25, 0.3) is 0 Å². The van der Waals surface area contributed by atoms with Crippen LogP contribution >= 0.6 is 23.2 Å². The summed E-state index contributed by atoms with van der Waals surface area (Å²) in [5, 5.41) is 4.67. The Hall–Kier alpha value is -1.38. The Bertz CT molecular complexity index is 593. The molecule has 2 aromatic carbocycles. The highest BCUT2D eigenvalue weighted by Crippen LogP contribution is 2.27. The van der Waals surface area contributed by atoms with Gasteiger partial charge in [-0.1, -0.05) is 36.2 Å². The number of benzene rings is 2. The minimum absolute atomic E-state index is 0.644. The van der Waals surface area contributed by atoms with E-state index in [-0.39, 0.29) is 0 Å². The highest BCUT2D eigenvalue weighted by Gasteiger charge is 2.05. The average Bonchev–Trinajstić information content (AvgIpc) is 2.43. The Morgan fingerprint density at radius 2 is 1.76 bits per heavy atom. The summed E-state index contributed by atoms with van der Waals surface area (Å²) in [7, 11) is 0. The largest absolute Gasteiger partial charge is 0.491 e. The number of nitrogens with one attached hydrogen (secondary N) is 1. The molecule has 2 aromatic rings. The minimum Gasteiger partial charge on any atom is -0.491 e. The zero-order valence-electron chi connectivity index (χ0n) is 12.2. The molecule has 0 unspecified atom stereocenters. The number of aryl methyl sites for hydroxylation is 1. The first-order valence-electron chi connectivity index (χ1n) is 7.01. The fourth-order valence-corrected chi connectivity index (χ4v) is 2.59. The molecule has 0 aliphatic carbocycles. The molecule has 0 atom stereocenters. The van der Waals surface area contributed by atoms with Gasteiger partial charge in [0.05, 0.1) is 12.3 Å².